The number of carbonyl (C=O) groups is 1. The normalized spacial score (nSPS) is 14.1. The van der Waals surface area contributed by atoms with Gasteiger partial charge < -0.3 is 10.5 Å². The maximum absolute atomic E-state index is 11.1. The van der Waals surface area contributed by atoms with Gasteiger partial charge in [-0.3, -0.25) is 4.79 Å². The third-order valence-corrected chi connectivity index (χ3v) is 2.95. The van der Waals surface area contributed by atoms with Crippen LogP contribution in [0.25, 0.3) is 0 Å². The minimum absolute atomic E-state index is 0.0769. The van der Waals surface area contributed by atoms with Crippen molar-refractivity contribution in [2.75, 3.05) is 7.11 Å². The van der Waals surface area contributed by atoms with E-state index in [0.29, 0.717) is 11.4 Å². The Kier molecular flexibility index (Phi) is 5.45. The predicted molar refractivity (Wildman–Crippen MR) is 68.8 cm³/mol. The predicted octanol–water partition coefficient (Wildman–Crippen LogP) is 2.93. The molecule has 0 aliphatic heterocycles. The van der Waals surface area contributed by atoms with Gasteiger partial charge in [0.2, 0.25) is 0 Å². The fourth-order valence-electron chi connectivity index (χ4n) is 1.73. The molecule has 0 amide bonds. The van der Waals surface area contributed by atoms with Crippen LogP contribution in [0.5, 0.6) is 0 Å². The van der Waals surface area contributed by atoms with E-state index in [9.17, 15) is 4.79 Å². The summed E-state index contributed by atoms with van der Waals surface area (Å²) in [6, 6.07) is 7.39. The summed E-state index contributed by atoms with van der Waals surface area (Å²) >= 11 is 5.81. The molecule has 2 N–H and O–H groups in total. The van der Waals surface area contributed by atoms with Crippen LogP contribution in [0.1, 0.15) is 31.4 Å². The Morgan fingerprint density at radius 3 is 2.53 bits per heavy atom. The molecule has 94 valence electrons. The number of esters is 1. The first-order valence-corrected chi connectivity index (χ1v) is 5.98. The van der Waals surface area contributed by atoms with Crippen molar-refractivity contribution in [1.29, 1.82) is 0 Å². The molecule has 0 bridgehead atoms. The first-order valence-electron chi connectivity index (χ1n) is 5.60. The summed E-state index contributed by atoms with van der Waals surface area (Å²) in [6.07, 6.45) is 1.15. The van der Waals surface area contributed by atoms with E-state index >= 15 is 0 Å². The van der Waals surface area contributed by atoms with E-state index in [0.717, 1.165) is 12.0 Å². The molecule has 1 aromatic rings. The number of halogens is 1. The Labute approximate surface area is 107 Å². The molecule has 17 heavy (non-hydrogen) atoms. The zero-order valence-corrected chi connectivity index (χ0v) is 10.9. The lowest BCUT2D eigenvalue weighted by Crippen LogP contribution is -2.16. The molecule has 0 heterocycles. The van der Waals surface area contributed by atoms with Gasteiger partial charge in [-0.05, 0) is 30.0 Å². The zero-order chi connectivity index (χ0) is 12.8. The van der Waals surface area contributed by atoms with Gasteiger partial charge in [0.05, 0.1) is 7.11 Å². The van der Waals surface area contributed by atoms with Crippen LogP contribution < -0.4 is 5.73 Å². The molecule has 2 unspecified atom stereocenters. The number of carbonyl (C=O) groups excluding carboxylic acids is 1. The first-order chi connectivity index (χ1) is 8.02. The van der Waals surface area contributed by atoms with E-state index in [2.05, 4.69) is 4.74 Å². The van der Waals surface area contributed by atoms with Crippen LogP contribution in [0.2, 0.25) is 5.02 Å². The van der Waals surface area contributed by atoms with Crippen molar-refractivity contribution in [2.45, 2.75) is 25.8 Å². The summed E-state index contributed by atoms with van der Waals surface area (Å²) in [7, 11) is 1.40. The second-order valence-corrected chi connectivity index (χ2v) is 4.72. The number of nitrogens with two attached hydrogens (primary N) is 1. The van der Waals surface area contributed by atoms with Crippen LogP contribution in [0.3, 0.4) is 0 Å². The highest BCUT2D eigenvalue weighted by atomic mass is 35.5. The maximum Gasteiger partial charge on any atom is 0.305 e. The van der Waals surface area contributed by atoms with Gasteiger partial charge in [-0.2, -0.15) is 0 Å². The van der Waals surface area contributed by atoms with Crippen LogP contribution in [0.4, 0.5) is 0 Å². The molecule has 0 aliphatic carbocycles. The molecule has 0 saturated carbocycles. The number of hydrogen-bond acceptors (Lipinski definition) is 3. The fraction of sp³-hybridized carbons (Fsp3) is 0.462. The van der Waals surface area contributed by atoms with Crippen molar-refractivity contribution in [3.8, 4) is 0 Å². The van der Waals surface area contributed by atoms with Crippen LogP contribution in [0, 0.1) is 5.92 Å². The van der Waals surface area contributed by atoms with Gasteiger partial charge in [0, 0.05) is 17.5 Å². The second-order valence-electron chi connectivity index (χ2n) is 4.28. The van der Waals surface area contributed by atoms with Gasteiger partial charge in [0.1, 0.15) is 0 Å². The smallest absolute Gasteiger partial charge is 0.305 e. The van der Waals surface area contributed by atoms with Crippen molar-refractivity contribution in [3.05, 3.63) is 34.9 Å². The summed E-state index contributed by atoms with van der Waals surface area (Å²) in [6.45, 7) is 1.99. The molecule has 0 saturated heterocycles. The third kappa shape index (κ3) is 4.75. The number of rotatable bonds is 5. The van der Waals surface area contributed by atoms with Crippen LogP contribution in [-0.2, 0) is 9.53 Å². The fourth-order valence-corrected chi connectivity index (χ4v) is 1.86. The number of hydrogen-bond donors (Lipinski definition) is 1. The molecule has 0 fully saturated rings. The first kappa shape index (κ1) is 14.0. The van der Waals surface area contributed by atoms with Gasteiger partial charge in [0.25, 0.3) is 0 Å². The summed E-state index contributed by atoms with van der Waals surface area (Å²) in [5, 5.41) is 0.698. The van der Waals surface area contributed by atoms with E-state index in [1.165, 1.54) is 7.11 Å². The molecular formula is C13H18ClNO2. The molecule has 2 atom stereocenters. The van der Waals surface area contributed by atoms with Crippen LogP contribution in [-0.4, -0.2) is 13.1 Å². The summed E-state index contributed by atoms with van der Waals surface area (Å²) in [4.78, 5) is 11.1. The summed E-state index contributed by atoms with van der Waals surface area (Å²) in [5.74, 6) is 0.00827. The molecule has 3 nitrogen and oxygen atoms in total. The van der Waals surface area contributed by atoms with Crippen molar-refractivity contribution >= 4 is 17.6 Å². The molecule has 0 aliphatic rings. The molecule has 0 aromatic heterocycles. The van der Waals surface area contributed by atoms with E-state index < -0.39 is 0 Å². The highest BCUT2D eigenvalue weighted by Crippen LogP contribution is 2.22. The minimum Gasteiger partial charge on any atom is -0.469 e. The van der Waals surface area contributed by atoms with Gasteiger partial charge in [-0.1, -0.05) is 30.7 Å². The quantitative estimate of drug-likeness (QED) is 0.823. The highest BCUT2D eigenvalue weighted by molar-refractivity contribution is 6.30. The van der Waals surface area contributed by atoms with Gasteiger partial charge in [-0.15, -0.1) is 0 Å². The lowest BCUT2D eigenvalue weighted by atomic mass is 9.94. The number of ether oxygens (including phenoxy) is 1. The van der Waals surface area contributed by atoms with E-state index in [1.807, 2.05) is 31.2 Å². The number of methoxy groups -OCH3 is 1. The topological polar surface area (TPSA) is 52.3 Å². The Hall–Kier alpha value is -1.06. The lowest BCUT2D eigenvalue weighted by molar-refractivity contribution is -0.141. The minimum atomic E-state index is -0.194. The Morgan fingerprint density at radius 2 is 2.00 bits per heavy atom. The van der Waals surface area contributed by atoms with Gasteiger partial charge in [-0.25, -0.2) is 0 Å². The van der Waals surface area contributed by atoms with Crippen molar-refractivity contribution in [3.63, 3.8) is 0 Å². The van der Waals surface area contributed by atoms with E-state index in [4.69, 9.17) is 17.3 Å². The van der Waals surface area contributed by atoms with E-state index in [1.54, 1.807) is 0 Å². The molecule has 4 heteroatoms. The highest BCUT2D eigenvalue weighted by Gasteiger charge is 2.14. The van der Waals surface area contributed by atoms with Crippen LogP contribution >= 0.6 is 11.6 Å². The van der Waals surface area contributed by atoms with Crippen molar-refractivity contribution in [1.82, 2.24) is 0 Å². The largest absolute Gasteiger partial charge is 0.469 e. The van der Waals surface area contributed by atoms with Gasteiger partial charge >= 0.3 is 5.97 Å². The Balaban J connectivity index is 2.51. The average Bonchev–Trinajstić information content (AvgIpc) is 2.29. The Morgan fingerprint density at radius 1 is 1.41 bits per heavy atom. The Bertz CT molecular complexity index is 364. The SMILES string of the molecule is COC(=O)CC(C)CC(N)c1ccc(Cl)cc1. The standard InChI is InChI=1S/C13H18ClNO2/c1-9(8-13(16)17-2)7-12(15)10-3-5-11(14)6-4-10/h3-6,9,12H,7-8,15H2,1-2H3. The molecule has 1 aromatic carbocycles. The molecule has 1 rings (SSSR count). The lowest BCUT2D eigenvalue weighted by Gasteiger charge is -2.16. The van der Waals surface area contributed by atoms with Crippen molar-refractivity contribution < 1.29 is 9.53 Å². The summed E-state index contributed by atoms with van der Waals surface area (Å²) < 4.78 is 4.63. The maximum atomic E-state index is 11.1. The molecule has 0 spiro atoms. The molecule has 0 radical (unpaired) electrons. The van der Waals surface area contributed by atoms with Gasteiger partial charge in [0.15, 0.2) is 0 Å². The molecular weight excluding hydrogens is 238 g/mol. The average molecular weight is 256 g/mol. The summed E-state index contributed by atoms with van der Waals surface area (Å²) in [5.41, 5.74) is 7.10. The van der Waals surface area contributed by atoms with E-state index in [-0.39, 0.29) is 17.9 Å². The van der Waals surface area contributed by atoms with Crippen molar-refractivity contribution in [2.24, 2.45) is 11.7 Å². The third-order valence-electron chi connectivity index (χ3n) is 2.70. The monoisotopic (exact) mass is 255 g/mol. The zero-order valence-electron chi connectivity index (χ0n) is 10.2. The second kappa shape index (κ2) is 6.62. The number of benzene rings is 1. The van der Waals surface area contributed by atoms with Crippen LogP contribution in [0.15, 0.2) is 24.3 Å².